The number of carbonyl (C=O) groups is 1. The minimum absolute atomic E-state index is 0.103. The van der Waals surface area contributed by atoms with Gasteiger partial charge < -0.3 is 10.5 Å². The van der Waals surface area contributed by atoms with Crippen molar-refractivity contribution in [1.29, 1.82) is 0 Å². The molecule has 1 aromatic carbocycles. The van der Waals surface area contributed by atoms with Gasteiger partial charge >= 0.3 is 0 Å². The molecule has 0 spiro atoms. The van der Waals surface area contributed by atoms with Gasteiger partial charge in [-0.1, -0.05) is 12.1 Å². The maximum absolute atomic E-state index is 11.3. The summed E-state index contributed by atoms with van der Waals surface area (Å²) in [5, 5.41) is 0.476. The Morgan fingerprint density at radius 3 is 2.68 bits per heavy atom. The van der Waals surface area contributed by atoms with E-state index in [0.717, 1.165) is 24.5 Å². The molecule has 2 atom stereocenters. The first-order valence-electron chi connectivity index (χ1n) is 6.34. The third-order valence-corrected chi connectivity index (χ3v) is 4.80. The second-order valence-electron chi connectivity index (χ2n) is 4.87. The molecule has 0 aromatic heterocycles. The summed E-state index contributed by atoms with van der Waals surface area (Å²) in [5.74, 6) is 1.62. The van der Waals surface area contributed by atoms with E-state index in [-0.39, 0.29) is 11.9 Å². The normalized spacial score (nSPS) is 23.5. The van der Waals surface area contributed by atoms with Gasteiger partial charge in [0, 0.05) is 17.5 Å². The second kappa shape index (κ2) is 6.30. The molecular weight excluding hydrogens is 260 g/mol. The Morgan fingerprint density at radius 2 is 2.16 bits per heavy atom. The molecule has 2 rings (SSSR count). The predicted octanol–water partition coefficient (Wildman–Crippen LogP) is 1.49. The molecule has 1 aromatic rings. The van der Waals surface area contributed by atoms with Crippen LogP contribution in [-0.4, -0.2) is 42.8 Å². The van der Waals surface area contributed by atoms with Crippen molar-refractivity contribution >= 4 is 17.7 Å². The van der Waals surface area contributed by atoms with Crippen LogP contribution in [0.25, 0.3) is 0 Å². The summed E-state index contributed by atoms with van der Waals surface area (Å²) >= 11 is 1.89. The largest absolute Gasteiger partial charge is 0.497 e. The van der Waals surface area contributed by atoms with Crippen LogP contribution in [0.3, 0.4) is 0 Å². The van der Waals surface area contributed by atoms with Gasteiger partial charge in [-0.05, 0) is 31.2 Å². The number of amides is 1. The molecule has 1 saturated heterocycles. The fraction of sp³-hybridized carbons (Fsp3) is 0.500. The lowest BCUT2D eigenvalue weighted by Gasteiger charge is -2.14. The van der Waals surface area contributed by atoms with E-state index in [0.29, 0.717) is 5.25 Å². The summed E-state index contributed by atoms with van der Waals surface area (Å²) in [5.41, 5.74) is 6.66. The van der Waals surface area contributed by atoms with Crippen molar-refractivity contribution in [1.82, 2.24) is 4.90 Å². The minimum atomic E-state index is -0.213. The van der Waals surface area contributed by atoms with Gasteiger partial charge in [0.25, 0.3) is 0 Å². The number of hydrogen-bond acceptors (Lipinski definition) is 4. The Morgan fingerprint density at radius 1 is 1.47 bits per heavy atom. The molecule has 104 valence electrons. The monoisotopic (exact) mass is 280 g/mol. The first-order valence-corrected chi connectivity index (χ1v) is 7.39. The van der Waals surface area contributed by atoms with E-state index in [1.165, 1.54) is 5.56 Å². The lowest BCUT2D eigenvalue weighted by Crippen LogP contribution is -2.37. The van der Waals surface area contributed by atoms with Crippen LogP contribution < -0.4 is 10.5 Å². The van der Waals surface area contributed by atoms with Crippen LogP contribution in [0.1, 0.15) is 12.0 Å². The van der Waals surface area contributed by atoms with Gasteiger partial charge in [-0.25, -0.2) is 0 Å². The standard InChI is InChI=1S/C14H20N2O2S/c1-16-8-12(7-13(16)14(15)17)19-9-10-3-5-11(18-2)6-4-10/h3-6,12-13H,7-9H2,1-2H3,(H2,15,17). The van der Waals surface area contributed by atoms with Crippen LogP contribution in [0.5, 0.6) is 5.75 Å². The van der Waals surface area contributed by atoms with Crippen molar-refractivity contribution in [3.63, 3.8) is 0 Å². The quantitative estimate of drug-likeness (QED) is 0.888. The Bertz CT molecular complexity index is 436. The Hall–Kier alpha value is -1.20. The molecule has 0 aliphatic carbocycles. The van der Waals surface area contributed by atoms with Crippen LogP contribution in [0, 0.1) is 0 Å². The summed E-state index contributed by atoms with van der Waals surface area (Å²) in [6.45, 7) is 0.925. The zero-order chi connectivity index (χ0) is 13.8. The van der Waals surface area contributed by atoms with Gasteiger partial charge in [-0.2, -0.15) is 11.8 Å². The third kappa shape index (κ3) is 3.64. The van der Waals surface area contributed by atoms with E-state index in [1.807, 2.05) is 35.8 Å². The van der Waals surface area contributed by atoms with E-state index >= 15 is 0 Å². The van der Waals surface area contributed by atoms with Crippen LogP contribution in [0.15, 0.2) is 24.3 Å². The zero-order valence-corrected chi connectivity index (χ0v) is 12.2. The second-order valence-corrected chi connectivity index (χ2v) is 6.16. The average molecular weight is 280 g/mol. The van der Waals surface area contributed by atoms with E-state index in [1.54, 1.807) is 7.11 Å². The summed E-state index contributed by atoms with van der Waals surface area (Å²) < 4.78 is 5.14. The highest BCUT2D eigenvalue weighted by Crippen LogP contribution is 2.29. The van der Waals surface area contributed by atoms with E-state index < -0.39 is 0 Å². The molecule has 2 N–H and O–H groups in total. The van der Waals surface area contributed by atoms with Gasteiger partial charge in [0.15, 0.2) is 0 Å². The molecule has 4 nitrogen and oxygen atoms in total. The Kier molecular flexibility index (Phi) is 4.71. The predicted molar refractivity (Wildman–Crippen MR) is 78.3 cm³/mol. The first kappa shape index (κ1) is 14.2. The first-order chi connectivity index (χ1) is 9.10. The van der Waals surface area contributed by atoms with Gasteiger partial charge in [-0.3, -0.25) is 9.69 Å². The van der Waals surface area contributed by atoms with Gasteiger partial charge in [0.2, 0.25) is 5.91 Å². The van der Waals surface area contributed by atoms with Crippen molar-refractivity contribution < 1.29 is 9.53 Å². The zero-order valence-electron chi connectivity index (χ0n) is 11.3. The van der Waals surface area contributed by atoms with E-state index in [4.69, 9.17) is 10.5 Å². The molecule has 1 fully saturated rings. The van der Waals surface area contributed by atoms with Crippen molar-refractivity contribution in [2.24, 2.45) is 5.73 Å². The maximum atomic E-state index is 11.3. The molecule has 1 heterocycles. The van der Waals surface area contributed by atoms with Crippen LogP contribution >= 0.6 is 11.8 Å². The Balaban J connectivity index is 1.84. The lowest BCUT2D eigenvalue weighted by molar-refractivity contribution is -0.121. The van der Waals surface area contributed by atoms with Crippen LogP contribution in [0.4, 0.5) is 0 Å². The number of primary amides is 1. The smallest absolute Gasteiger partial charge is 0.234 e. The molecule has 0 saturated carbocycles. The summed E-state index contributed by atoms with van der Waals surface area (Å²) in [6.07, 6.45) is 0.854. The van der Waals surface area contributed by atoms with Crippen molar-refractivity contribution in [3.8, 4) is 5.75 Å². The van der Waals surface area contributed by atoms with E-state index in [2.05, 4.69) is 12.1 Å². The van der Waals surface area contributed by atoms with Crippen molar-refractivity contribution in [2.45, 2.75) is 23.5 Å². The molecule has 19 heavy (non-hydrogen) atoms. The molecule has 1 aliphatic heterocycles. The summed E-state index contributed by atoms with van der Waals surface area (Å²) in [4.78, 5) is 13.3. The van der Waals surface area contributed by atoms with Gasteiger partial charge in [0.05, 0.1) is 13.2 Å². The number of benzene rings is 1. The molecule has 0 radical (unpaired) electrons. The highest BCUT2D eigenvalue weighted by Gasteiger charge is 2.33. The van der Waals surface area contributed by atoms with E-state index in [9.17, 15) is 4.79 Å². The number of nitrogens with two attached hydrogens (primary N) is 1. The molecule has 5 heteroatoms. The van der Waals surface area contributed by atoms with Gasteiger partial charge in [0.1, 0.15) is 5.75 Å². The van der Waals surface area contributed by atoms with Crippen LogP contribution in [-0.2, 0) is 10.5 Å². The SMILES string of the molecule is COc1ccc(CSC2CC(C(N)=O)N(C)C2)cc1. The number of likely N-dealkylation sites (N-methyl/N-ethyl adjacent to an activating group) is 1. The number of methoxy groups -OCH3 is 1. The average Bonchev–Trinajstić information content (AvgIpc) is 2.78. The number of ether oxygens (including phenoxy) is 1. The molecule has 1 amide bonds. The number of hydrogen-bond donors (Lipinski definition) is 1. The minimum Gasteiger partial charge on any atom is -0.497 e. The molecule has 2 unspecified atom stereocenters. The summed E-state index contributed by atoms with van der Waals surface area (Å²) in [7, 11) is 3.63. The molecule has 1 aliphatic rings. The highest BCUT2D eigenvalue weighted by atomic mass is 32.2. The number of likely N-dealkylation sites (tertiary alicyclic amines) is 1. The number of nitrogens with zero attached hydrogens (tertiary/aromatic N) is 1. The van der Waals surface area contributed by atoms with Crippen molar-refractivity contribution in [3.05, 3.63) is 29.8 Å². The van der Waals surface area contributed by atoms with Crippen LogP contribution in [0.2, 0.25) is 0 Å². The number of thioether (sulfide) groups is 1. The lowest BCUT2D eigenvalue weighted by atomic mass is 10.2. The number of rotatable bonds is 5. The van der Waals surface area contributed by atoms with Gasteiger partial charge in [-0.15, -0.1) is 0 Å². The number of carbonyl (C=O) groups excluding carboxylic acids is 1. The Labute approximate surface area is 118 Å². The van der Waals surface area contributed by atoms with Crippen molar-refractivity contribution in [2.75, 3.05) is 20.7 Å². The maximum Gasteiger partial charge on any atom is 0.234 e. The third-order valence-electron chi connectivity index (χ3n) is 3.48. The highest BCUT2D eigenvalue weighted by molar-refractivity contribution is 7.99. The fourth-order valence-corrected chi connectivity index (χ4v) is 3.62. The molecule has 0 bridgehead atoms. The fourth-order valence-electron chi connectivity index (χ4n) is 2.34. The summed E-state index contributed by atoms with van der Waals surface area (Å²) in [6, 6.07) is 8.01. The molecular formula is C14H20N2O2S. The topological polar surface area (TPSA) is 55.6 Å².